The second-order valence-electron chi connectivity index (χ2n) is 9.70. The van der Waals surface area contributed by atoms with Gasteiger partial charge in [-0.05, 0) is 40.1 Å². The van der Waals surface area contributed by atoms with Crippen LogP contribution in [0.4, 0.5) is 0 Å². The summed E-state index contributed by atoms with van der Waals surface area (Å²) in [6.07, 6.45) is 0.770. The van der Waals surface area contributed by atoms with Gasteiger partial charge in [0.05, 0.1) is 18.1 Å². The van der Waals surface area contributed by atoms with Crippen molar-refractivity contribution in [2.75, 3.05) is 13.2 Å². The summed E-state index contributed by atoms with van der Waals surface area (Å²) in [7, 11) is 0. The van der Waals surface area contributed by atoms with Crippen LogP contribution in [0.3, 0.4) is 0 Å². The van der Waals surface area contributed by atoms with E-state index < -0.39 is 0 Å². The van der Waals surface area contributed by atoms with Gasteiger partial charge in [-0.25, -0.2) is 4.68 Å². The maximum absolute atomic E-state index is 13.3. The average Bonchev–Trinajstić information content (AvgIpc) is 3.41. The minimum atomic E-state index is -0.129. The first-order valence-electron chi connectivity index (χ1n) is 13.2. The highest BCUT2D eigenvalue weighted by atomic mass is 16.6. The minimum Gasteiger partial charge on any atom is -0.486 e. The van der Waals surface area contributed by atoms with Crippen molar-refractivity contribution in [3.63, 3.8) is 0 Å². The highest BCUT2D eigenvalue weighted by Gasteiger charge is 2.26. The van der Waals surface area contributed by atoms with Crippen LogP contribution in [0.2, 0.25) is 0 Å². The molecule has 1 aliphatic heterocycles. The zero-order valence-corrected chi connectivity index (χ0v) is 21.8. The Kier molecular flexibility index (Phi) is 7.05. The Balaban J connectivity index is 1.36. The lowest BCUT2D eigenvalue weighted by Crippen LogP contribution is -2.32. The van der Waals surface area contributed by atoms with Gasteiger partial charge in [0.25, 0.3) is 5.56 Å². The number of nitrogens with one attached hydrogen (secondary N) is 1. The van der Waals surface area contributed by atoms with Crippen molar-refractivity contribution >= 4 is 10.9 Å². The molecule has 9 nitrogen and oxygen atoms in total. The van der Waals surface area contributed by atoms with E-state index in [9.17, 15) is 4.79 Å². The van der Waals surface area contributed by atoms with Gasteiger partial charge in [0.1, 0.15) is 13.2 Å². The Bertz CT molecular complexity index is 1620. The summed E-state index contributed by atoms with van der Waals surface area (Å²) in [5, 5.41) is 13.7. The molecule has 198 valence electrons. The molecule has 0 saturated carbocycles. The summed E-state index contributed by atoms with van der Waals surface area (Å²) >= 11 is 0. The first-order valence-corrected chi connectivity index (χ1v) is 13.2. The van der Waals surface area contributed by atoms with E-state index in [4.69, 9.17) is 9.47 Å². The molecular formula is C30H30N6O3. The van der Waals surface area contributed by atoms with Crippen LogP contribution in [0.15, 0.2) is 83.7 Å². The smallest absolute Gasteiger partial charge is 0.252 e. The van der Waals surface area contributed by atoms with Crippen LogP contribution >= 0.6 is 0 Å². The van der Waals surface area contributed by atoms with Gasteiger partial charge in [-0.3, -0.25) is 9.69 Å². The molecule has 1 N–H and O–H groups in total. The van der Waals surface area contributed by atoms with Crippen molar-refractivity contribution < 1.29 is 9.47 Å². The fraction of sp³-hybridized carbons (Fsp3) is 0.267. The van der Waals surface area contributed by atoms with E-state index in [1.165, 1.54) is 0 Å². The predicted molar refractivity (Wildman–Crippen MR) is 148 cm³/mol. The molecule has 0 saturated heterocycles. The van der Waals surface area contributed by atoms with E-state index in [0.29, 0.717) is 49.9 Å². The van der Waals surface area contributed by atoms with Crippen LogP contribution in [0.5, 0.6) is 11.5 Å². The molecule has 0 aliphatic carbocycles. The number of rotatable bonds is 9. The monoisotopic (exact) mass is 522 g/mol. The first-order chi connectivity index (χ1) is 19.2. The van der Waals surface area contributed by atoms with E-state index in [1.807, 2.05) is 59.3 Å². The van der Waals surface area contributed by atoms with Crippen LogP contribution in [-0.2, 0) is 19.6 Å². The molecular weight excluding hydrogens is 492 g/mol. The number of aromatic nitrogens is 5. The maximum atomic E-state index is 13.3. The molecule has 5 aromatic rings. The van der Waals surface area contributed by atoms with Gasteiger partial charge in [0, 0.05) is 30.1 Å². The number of H-pyrrole nitrogens is 1. The summed E-state index contributed by atoms with van der Waals surface area (Å²) < 4.78 is 13.3. The highest BCUT2D eigenvalue weighted by Crippen LogP contribution is 2.34. The molecule has 0 spiro atoms. The Hall–Kier alpha value is -4.50. The largest absolute Gasteiger partial charge is 0.486 e. The number of hydrogen-bond acceptors (Lipinski definition) is 7. The SMILES string of the molecule is CC[C@@H](c1nnnn1Cc1ccccc1)N(Cc1ccccc1)Cc1cc2cc3c(cc2[nH]c1=O)OCCO3. The third-order valence-electron chi connectivity index (χ3n) is 7.05. The number of pyridine rings is 1. The Labute approximate surface area is 226 Å². The van der Waals surface area contributed by atoms with Crippen molar-refractivity contribution in [2.45, 2.75) is 39.0 Å². The molecule has 3 heterocycles. The molecule has 1 atom stereocenters. The lowest BCUT2D eigenvalue weighted by Gasteiger charge is -2.30. The fourth-order valence-corrected chi connectivity index (χ4v) is 5.14. The number of ether oxygens (including phenoxy) is 2. The molecule has 9 heteroatoms. The summed E-state index contributed by atoms with van der Waals surface area (Å²) in [6, 6.07) is 26.0. The van der Waals surface area contributed by atoms with E-state index in [-0.39, 0.29) is 11.6 Å². The minimum absolute atomic E-state index is 0.112. The summed E-state index contributed by atoms with van der Waals surface area (Å²) in [6.45, 7) is 4.76. The molecule has 0 fully saturated rings. The van der Waals surface area contributed by atoms with Gasteiger partial charge in [-0.1, -0.05) is 67.6 Å². The number of nitrogens with zero attached hydrogens (tertiary/aromatic N) is 5. The second-order valence-corrected chi connectivity index (χ2v) is 9.70. The Morgan fingerprint density at radius 1 is 0.923 bits per heavy atom. The fourth-order valence-electron chi connectivity index (χ4n) is 5.14. The van der Waals surface area contributed by atoms with Crippen molar-refractivity contribution in [1.29, 1.82) is 0 Å². The number of fused-ring (bicyclic) bond motifs is 2. The highest BCUT2D eigenvalue weighted by molar-refractivity contribution is 5.83. The molecule has 3 aromatic carbocycles. The molecule has 6 rings (SSSR count). The van der Waals surface area contributed by atoms with E-state index in [0.717, 1.165) is 34.3 Å². The van der Waals surface area contributed by atoms with Crippen molar-refractivity contribution in [3.05, 3.63) is 112 Å². The van der Waals surface area contributed by atoms with Crippen LogP contribution in [0.25, 0.3) is 10.9 Å². The van der Waals surface area contributed by atoms with E-state index >= 15 is 0 Å². The van der Waals surface area contributed by atoms with Crippen LogP contribution in [0.1, 0.15) is 41.9 Å². The zero-order valence-electron chi connectivity index (χ0n) is 21.8. The molecule has 2 aromatic heterocycles. The van der Waals surface area contributed by atoms with Gasteiger partial charge in [-0.2, -0.15) is 0 Å². The van der Waals surface area contributed by atoms with Crippen LogP contribution < -0.4 is 15.0 Å². The summed E-state index contributed by atoms with van der Waals surface area (Å²) in [5.41, 5.74) is 3.53. The van der Waals surface area contributed by atoms with Crippen molar-refractivity contribution in [3.8, 4) is 11.5 Å². The molecule has 0 bridgehead atoms. The number of aromatic amines is 1. The van der Waals surface area contributed by atoms with Gasteiger partial charge in [0.15, 0.2) is 17.3 Å². The molecule has 0 radical (unpaired) electrons. The lowest BCUT2D eigenvalue weighted by atomic mass is 10.1. The van der Waals surface area contributed by atoms with Gasteiger partial charge < -0.3 is 14.5 Å². The number of benzene rings is 3. The number of tetrazole rings is 1. The summed E-state index contributed by atoms with van der Waals surface area (Å²) in [4.78, 5) is 18.6. The van der Waals surface area contributed by atoms with Crippen LogP contribution in [-0.4, -0.2) is 43.3 Å². The summed E-state index contributed by atoms with van der Waals surface area (Å²) in [5.74, 6) is 2.12. The van der Waals surface area contributed by atoms with Gasteiger partial charge in [-0.15, -0.1) is 5.10 Å². The topological polar surface area (TPSA) is 98.2 Å². The average molecular weight is 523 g/mol. The lowest BCUT2D eigenvalue weighted by molar-refractivity contribution is 0.161. The van der Waals surface area contributed by atoms with E-state index in [2.05, 4.69) is 56.6 Å². The first kappa shape index (κ1) is 24.8. The van der Waals surface area contributed by atoms with Gasteiger partial charge in [0.2, 0.25) is 0 Å². The standard InChI is InChI=1S/C30H30N6O3/c1-2-26(29-32-33-34-36(29)19-22-11-7-4-8-12-22)35(18-21-9-5-3-6-10-21)20-24-15-23-16-27-28(39-14-13-38-27)17-25(23)31-30(24)37/h3-12,15-17,26H,2,13-14,18-20H2,1H3,(H,31,37)/t26-/m0/s1. The Morgan fingerprint density at radius 3 is 2.33 bits per heavy atom. The number of hydrogen-bond donors (Lipinski definition) is 1. The van der Waals surface area contributed by atoms with Crippen LogP contribution in [0, 0.1) is 0 Å². The third kappa shape index (κ3) is 5.39. The van der Waals surface area contributed by atoms with Crippen molar-refractivity contribution in [1.82, 2.24) is 30.1 Å². The molecule has 1 aliphatic rings. The van der Waals surface area contributed by atoms with Crippen molar-refractivity contribution in [2.24, 2.45) is 0 Å². The molecule has 39 heavy (non-hydrogen) atoms. The van der Waals surface area contributed by atoms with E-state index in [1.54, 1.807) is 0 Å². The normalized spacial score (nSPS) is 13.6. The zero-order chi connectivity index (χ0) is 26.6. The predicted octanol–water partition coefficient (Wildman–Crippen LogP) is 4.49. The third-order valence-corrected chi connectivity index (χ3v) is 7.05. The molecule has 0 amide bonds. The quantitative estimate of drug-likeness (QED) is 0.305. The van der Waals surface area contributed by atoms with Gasteiger partial charge >= 0.3 is 0 Å². The molecule has 0 unspecified atom stereocenters. The second kappa shape index (κ2) is 11.1. The Morgan fingerprint density at radius 2 is 1.62 bits per heavy atom. The maximum Gasteiger partial charge on any atom is 0.252 e.